The molecule has 0 saturated carbocycles. The van der Waals surface area contributed by atoms with Crippen LogP contribution in [0.1, 0.15) is 18.6 Å². The molecular formula is C11H13BrN2O. The molecule has 2 heterocycles. The fourth-order valence-corrected chi connectivity index (χ4v) is 2.30. The Morgan fingerprint density at radius 3 is 3.13 bits per heavy atom. The molecule has 80 valence electrons. The van der Waals surface area contributed by atoms with E-state index in [0.29, 0.717) is 0 Å². The Balaban J connectivity index is 1.92. The van der Waals surface area contributed by atoms with Crippen LogP contribution < -0.4 is 0 Å². The molecule has 0 radical (unpaired) electrons. The van der Waals surface area contributed by atoms with E-state index < -0.39 is 0 Å². The third kappa shape index (κ3) is 2.83. The molecule has 1 aromatic rings. The van der Waals surface area contributed by atoms with Crippen LogP contribution in [0.15, 0.2) is 21.2 Å². The van der Waals surface area contributed by atoms with Gasteiger partial charge in [0.1, 0.15) is 5.76 Å². The van der Waals surface area contributed by atoms with Crippen molar-refractivity contribution in [2.45, 2.75) is 19.4 Å². The van der Waals surface area contributed by atoms with E-state index in [-0.39, 0.29) is 5.92 Å². The highest BCUT2D eigenvalue weighted by molar-refractivity contribution is 9.10. The van der Waals surface area contributed by atoms with E-state index in [4.69, 9.17) is 9.68 Å². The Morgan fingerprint density at radius 2 is 2.47 bits per heavy atom. The third-order valence-electron chi connectivity index (χ3n) is 2.70. The van der Waals surface area contributed by atoms with Crippen LogP contribution in [0.3, 0.4) is 0 Å². The van der Waals surface area contributed by atoms with Crippen molar-refractivity contribution in [3.05, 3.63) is 22.6 Å². The highest BCUT2D eigenvalue weighted by atomic mass is 79.9. The molecule has 3 nitrogen and oxygen atoms in total. The molecule has 1 saturated heterocycles. The van der Waals surface area contributed by atoms with Gasteiger partial charge in [-0.3, -0.25) is 4.90 Å². The average Bonchev–Trinajstić information content (AvgIpc) is 2.64. The third-order valence-corrected chi connectivity index (χ3v) is 3.12. The Kier molecular flexibility index (Phi) is 3.45. The van der Waals surface area contributed by atoms with Gasteiger partial charge in [0.25, 0.3) is 0 Å². The number of rotatable bonds is 2. The SMILES string of the molecule is N#CC1CCCN(Cc2ccc(Br)o2)C1. The van der Waals surface area contributed by atoms with Crippen LogP contribution in [0, 0.1) is 17.2 Å². The standard InChI is InChI=1S/C11H13BrN2O/c12-11-4-3-10(15-11)8-14-5-1-2-9(6-13)7-14/h3-4,9H,1-2,5,7-8H2. The highest BCUT2D eigenvalue weighted by Gasteiger charge is 2.20. The number of likely N-dealkylation sites (tertiary alicyclic amines) is 1. The lowest BCUT2D eigenvalue weighted by molar-refractivity contribution is 0.178. The summed E-state index contributed by atoms with van der Waals surface area (Å²) in [6, 6.07) is 6.22. The quantitative estimate of drug-likeness (QED) is 0.828. The summed E-state index contributed by atoms with van der Waals surface area (Å²) in [6.07, 6.45) is 2.15. The van der Waals surface area contributed by atoms with Crippen LogP contribution in [0.2, 0.25) is 0 Å². The molecule has 0 amide bonds. The maximum atomic E-state index is 8.87. The number of nitriles is 1. The largest absolute Gasteiger partial charge is 0.453 e. The first-order valence-corrected chi connectivity index (χ1v) is 5.93. The fraction of sp³-hybridized carbons (Fsp3) is 0.545. The molecule has 0 aliphatic carbocycles. The Labute approximate surface area is 97.8 Å². The highest BCUT2D eigenvalue weighted by Crippen LogP contribution is 2.20. The van der Waals surface area contributed by atoms with Crippen LogP contribution in [0.25, 0.3) is 0 Å². The van der Waals surface area contributed by atoms with Crippen LogP contribution >= 0.6 is 15.9 Å². The van der Waals surface area contributed by atoms with Crippen molar-refractivity contribution in [3.63, 3.8) is 0 Å². The molecule has 0 aromatic carbocycles. The van der Waals surface area contributed by atoms with E-state index in [1.165, 1.54) is 0 Å². The molecule has 0 N–H and O–H groups in total. The van der Waals surface area contributed by atoms with Crippen molar-refractivity contribution in [1.82, 2.24) is 4.90 Å². The van der Waals surface area contributed by atoms with E-state index in [1.54, 1.807) is 0 Å². The topological polar surface area (TPSA) is 40.2 Å². The molecule has 1 aliphatic heterocycles. The van der Waals surface area contributed by atoms with Crippen LogP contribution in [-0.4, -0.2) is 18.0 Å². The average molecular weight is 269 g/mol. The summed E-state index contributed by atoms with van der Waals surface area (Å²) in [5.41, 5.74) is 0. The summed E-state index contributed by atoms with van der Waals surface area (Å²) in [5, 5.41) is 8.87. The molecule has 1 aliphatic rings. The summed E-state index contributed by atoms with van der Waals surface area (Å²) in [6.45, 7) is 2.75. The molecule has 1 unspecified atom stereocenters. The first-order valence-electron chi connectivity index (χ1n) is 5.14. The van der Waals surface area contributed by atoms with E-state index in [0.717, 1.165) is 42.9 Å². The molecule has 0 spiro atoms. The number of hydrogen-bond donors (Lipinski definition) is 0. The minimum atomic E-state index is 0.192. The molecule has 4 heteroatoms. The molecule has 2 rings (SSSR count). The first-order chi connectivity index (χ1) is 7.28. The zero-order valence-electron chi connectivity index (χ0n) is 8.45. The van der Waals surface area contributed by atoms with Crippen LogP contribution in [0.4, 0.5) is 0 Å². The first kappa shape index (κ1) is 10.7. The van der Waals surface area contributed by atoms with Crippen molar-refractivity contribution in [3.8, 4) is 6.07 Å². The van der Waals surface area contributed by atoms with E-state index in [1.807, 2.05) is 12.1 Å². The zero-order valence-corrected chi connectivity index (χ0v) is 10.0. The predicted molar refractivity (Wildman–Crippen MR) is 60.0 cm³/mol. The van der Waals surface area contributed by atoms with E-state index >= 15 is 0 Å². The van der Waals surface area contributed by atoms with Crippen molar-refractivity contribution in [1.29, 1.82) is 5.26 Å². The van der Waals surface area contributed by atoms with Gasteiger partial charge in [-0.05, 0) is 47.4 Å². The lowest BCUT2D eigenvalue weighted by Crippen LogP contribution is -2.34. The molecule has 15 heavy (non-hydrogen) atoms. The van der Waals surface area contributed by atoms with Gasteiger partial charge in [-0.1, -0.05) is 0 Å². The van der Waals surface area contributed by atoms with Gasteiger partial charge in [0.2, 0.25) is 0 Å². The Hall–Kier alpha value is -0.790. The maximum Gasteiger partial charge on any atom is 0.169 e. The van der Waals surface area contributed by atoms with Gasteiger partial charge in [-0.2, -0.15) is 5.26 Å². The number of nitrogens with zero attached hydrogens (tertiary/aromatic N) is 2. The second-order valence-corrected chi connectivity index (χ2v) is 4.69. The second-order valence-electron chi connectivity index (χ2n) is 3.91. The molecule has 1 fully saturated rings. The van der Waals surface area contributed by atoms with Gasteiger partial charge in [0, 0.05) is 6.54 Å². The van der Waals surface area contributed by atoms with E-state index in [2.05, 4.69) is 26.9 Å². The predicted octanol–water partition coefficient (Wildman–Crippen LogP) is 2.78. The molecule has 1 aromatic heterocycles. The summed E-state index contributed by atoms with van der Waals surface area (Å²) in [4.78, 5) is 2.28. The number of furan rings is 1. The van der Waals surface area contributed by atoms with Gasteiger partial charge >= 0.3 is 0 Å². The van der Waals surface area contributed by atoms with Crippen molar-refractivity contribution < 1.29 is 4.42 Å². The second kappa shape index (κ2) is 4.82. The lowest BCUT2D eigenvalue weighted by atomic mass is 10.00. The van der Waals surface area contributed by atoms with Crippen LogP contribution in [-0.2, 0) is 6.54 Å². The van der Waals surface area contributed by atoms with Gasteiger partial charge in [-0.15, -0.1) is 0 Å². The van der Waals surface area contributed by atoms with Gasteiger partial charge in [-0.25, -0.2) is 0 Å². The summed E-state index contributed by atoms with van der Waals surface area (Å²) < 4.78 is 6.22. The number of piperidine rings is 1. The molecule has 0 bridgehead atoms. The fourth-order valence-electron chi connectivity index (χ4n) is 1.96. The summed E-state index contributed by atoms with van der Waals surface area (Å²) in [5.74, 6) is 1.15. The van der Waals surface area contributed by atoms with Crippen molar-refractivity contribution in [2.24, 2.45) is 5.92 Å². The van der Waals surface area contributed by atoms with Gasteiger partial charge in [0.15, 0.2) is 4.67 Å². The monoisotopic (exact) mass is 268 g/mol. The molecular weight excluding hydrogens is 256 g/mol. The van der Waals surface area contributed by atoms with Gasteiger partial charge in [0.05, 0.1) is 18.5 Å². The maximum absolute atomic E-state index is 8.87. The Bertz CT molecular complexity index is 369. The molecule has 1 atom stereocenters. The van der Waals surface area contributed by atoms with E-state index in [9.17, 15) is 0 Å². The van der Waals surface area contributed by atoms with Crippen LogP contribution in [0.5, 0.6) is 0 Å². The smallest absolute Gasteiger partial charge is 0.169 e. The minimum absolute atomic E-state index is 0.192. The van der Waals surface area contributed by atoms with Crippen molar-refractivity contribution >= 4 is 15.9 Å². The zero-order chi connectivity index (χ0) is 10.7. The van der Waals surface area contributed by atoms with Crippen molar-refractivity contribution in [2.75, 3.05) is 13.1 Å². The lowest BCUT2D eigenvalue weighted by Gasteiger charge is -2.28. The number of halogens is 1. The summed E-state index contributed by atoms with van der Waals surface area (Å²) in [7, 11) is 0. The normalized spacial score (nSPS) is 22.5. The number of hydrogen-bond acceptors (Lipinski definition) is 3. The summed E-state index contributed by atoms with van der Waals surface area (Å²) >= 11 is 3.28. The minimum Gasteiger partial charge on any atom is -0.453 e. The van der Waals surface area contributed by atoms with Gasteiger partial charge < -0.3 is 4.42 Å². The Morgan fingerprint density at radius 1 is 1.60 bits per heavy atom.